The zero-order valence-electron chi connectivity index (χ0n) is 7.17. The summed E-state index contributed by atoms with van der Waals surface area (Å²) in [6.45, 7) is 4.61. The molecule has 0 radical (unpaired) electrons. The molecule has 0 saturated carbocycles. The summed E-state index contributed by atoms with van der Waals surface area (Å²) in [4.78, 5) is 2.47. The van der Waals surface area contributed by atoms with Crippen LogP contribution >= 0.6 is 11.6 Å². The van der Waals surface area contributed by atoms with Crippen LogP contribution in [0, 0.1) is 0 Å². The van der Waals surface area contributed by atoms with Crippen LogP contribution in [0.4, 0.5) is 0 Å². The highest BCUT2D eigenvalue weighted by molar-refractivity contribution is 6.29. The van der Waals surface area contributed by atoms with Gasteiger partial charge in [0.2, 0.25) is 0 Å². The number of fused-ring (bicyclic) bond motifs is 2. The number of nitrogens with zero attached hydrogens (tertiary/aromatic N) is 1. The number of hydrogen-bond acceptors (Lipinski definition) is 1. The van der Waals surface area contributed by atoms with Crippen molar-refractivity contribution >= 4 is 11.6 Å². The maximum Gasteiger partial charge on any atom is 0.0344 e. The Kier molecular flexibility index (Phi) is 2.24. The van der Waals surface area contributed by atoms with Gasteiger partial charge in [0.05, 0.1) is 0 Å². The van der Waals surface area contributed by atoms with Crippen LogP contribution in [0.2, 0.25) is 0 Å². The molecule has 2 atom stereocenters. The molecule has 0 aromatic rings. The molecule has 66 valence electrons. The highest BCUT2D eigenvalue weighted by Gasteiger charge is 2.33. The summed E-state index contributed by atoms with van der Waals surface area (Å²) in [6.07, 6.45) is 8.42. The minimum absolute atomic E-state index is 0.638. The van der Waals surface area contributed by atoms with E-state index in [0.29, 0.717) is 6.04 Å². The van der Waals surface area contributed by atoms with Crippen molar-refractivity contribution in [1.29, 1.82) is 0 Å². The zero-order valence-corrected chi connectivity index (χ0v) is 7.93. The smallest absolute Gasteiger partial charge is 0.0344 e. The van der Waals surface area contributed by atoms with Crippen molar-refractivity contribution in [2.75, 3.05) is 6.54 Å². The van der Waals surface area contributed by atoms with E-state index in [-0.39, 0.29) is 0 Å². The van der Waals surface area contributed by atoms with Crippen LogP contribution < -0.4 is 0 Å². The molecule has 0 aliphatic carbocycles. The second-order valence-corrected chi connectivity index (χ2v) is 4.19. The molecule has 2 unspecified atom stereocenters. The van der Waals surface area contributed by atoms with Crippen molar-refractivity contribution in [3.8, 4) is 0 Å². The predicted molar refractivity (Wildman–Crippen MR) is 52.3 cm³/mol. The Hall–Kier alpha value is -0.270. The van der Waals surface area contributed by atoms with E-state index in [0.717, 1.165) is 17.6 Å². The van der Waals surface area contributed by atoms with E-state index >= 15 is 0 Å². The minimum Gasteiger partial charge on any atom is -0.289 e. The first kappa shape index (κ1) is 8.33. The molecule has 0 amide bonds. The fourth-order valence-electron chi connectivity index (χ4n) is 2.26. The second kappa shape index (κ2) is 3.23. The summed E-state index contributed by atoms with van der Waals surface area (Å²) in [5.41, 5.74) is 0. The summed E-state index contributed by atoms with van der Waals surface area (Å²) in [7, 11) is 0. The summed E-state index contributed by atoms with van der Waals surface area (Å²) in [5, 5.41) is 0.766. The minimum atomic E-state index is 0.638. The third-order valence-electron chi connectivity index (χ3n) is 2.81. The normalized spacial score (nSPS) is 34.1. The molecule has 2 aliphatic rings. The van der Waals surface area contributed by atoms with Gasteiger partial charge in [0.1, 0.15) is 0 Å². The number of hydrogen-bond donors (Lipinski definition) is 0. The molecule has 1 saturated heterocycles. The van der Waals surface area contributed by atoms with Crippen molar-refractivity contribution < 1.29 is 0 Å². The fourth-order valence-corrected chi connectivity index (χ4v) is 2.40. The van der Waals surface area contributed by atoms with Gasteiger partial charge in [-0.05, 0) is 19.3 Å². The van der Waals surface area contributed by atoms with Crippen LogP contribution in [-0.4, -0.2) is 23.5 Å². The van der Waals surface area contributed by atoms with Gasteiger partial charge in [-0.3, -0.25) is 4.90 Å². The van der Waals surface area contributed by atoms with Crippen LogP contribution in [0.5, 0.6) is 0 Å². The maximum atomic E-state index is 5.81. The highest BCUT2D eigenvalue weighted by atomic mass is 35.5. The molecule has 2 bridgehead atoms. The van der Waals surface area contributed by atoms with E-state index < -0.39 is 0 Å². The third kappa shape index (κ3) is 1.44. The van der Waals surface area contributed by atoms with Gasteiger partial charge in [0, 0.05) is 23.7 Å². The zero-order chi connectivity index (χ0) is 8.55. The van der Waals surface area contributed by atoms with Gasteiger partial charge in [0.15, 0.2) is 0 Å². The standard InChI is InChI=1S/C10H14ClN/c1-8(11)7-12-9-3-2-4-10(12)6-5-9/h2-3,9-10H,1,4-7H2. The summed E-state index contributed by atoms with van der Waals surface area (Å²) >= 11 is 5.81. The lowest BCUT2D eigenvalue weighted by Gasteiger charge is -2.30. The lowest BCUT2D eigenvalue weighted by Crippen LogP contribution is -2.37. The largest absolute Gasteiger partial charge is 0.289 e. The van der Waals surface area contributed by atoms with Crippen molar-refractivity contribution in [1.82, 2.24) is 4.90 Å². The quantitative estimate of drug-likeness (QED) is 0.595. The molecule has 0 spiro atoms. The van der Waals surface area contributed by atoms with E-state index in [1.54, 1.807) is 0 Å². The third-order valence-corrected chi connectivity index (χ3v) is 2.93. The Morgan fingerprint density at radius 2 is 2.42 bits per heavy atom. The van der Waals surface area contributed by atoms with Gasteiger partial charge >= 0.3 is 0 Å². The molecular formula is C10H14ClN. The molecule has 2 aliphatic heterocycles. The van der Waals surface area contributed by atoms with E-state index in [1.807, 2.05) is 0 Å². The lowest BCUT2D eigenvalue weighted by molar-refractivity contribution is 0.231. The SMILES string of the molecule is C=C(Cl)CN1C2C=CCC1CC2. The predicted octanol–water partition coefficient (Wildman–Crippen LogP) is 2.53. The molecule has 0 N–H and O–H groups in total. The van der Waals surface area contributed by atoms with E-state index in [2.05, 4.69) is 23.6 Å². The second-order valence-electron chi connectivity index (χ2n) is 3.65. The average Bonchev–Trinajstić information content (AvgIpc) is 2.30. The van der Waals surface area contributed by atoms with Gasteiger partial charge in [-0.25, -0.2) is 0 Å². The van der Waals surface area contributed by atoms with Crippen molar-refractivity contribution in [3.05, 3.63) is 23.8 Å². The highest BCUT2D eigenvalue weighted by Crippen LogP contribution is 2.31. The first-order valence-corrected chi connectivity index (χ1v) is 4.91. The Bertz CT molecular complexity index is 222. The van der Waals surface area contributed by atoms with Gasteiger partial charge in [-0.1, -0.05) is 30.3 Å². The summed E-state index contributed by atoms with van der Waals surface area (Å²) < 4.78 is 0. The van der Waals surface area contributed by atoms with Crippen molar-refractivity contribution in [3.63, 3.8) is 0 Å². The molecule has 12 heavy (non-hydrogen) atoms. The molecule has 1 nitrogen and oxygen atoms in total. The molecule has 2 heteroatoms. The molecule has 1 fully saturated rings. The van der Waals surface area contributed by atoms with E-state index in [1.165, 1.54) is 19.3 Å². The Morgan fingerprint density at radius 1 is 1.58 bits per heavy atom. The van der Waals surface area contributed by atoms with Gasteiger partial charge in [0.25, 0.3) is 0 Å². The van der Waals surface area contributed by atoms with Crippen molar-refractivity contribution in [2.45, 2.75) is 31.3 Å². The van der Waals surface area contributed by atoms with Crippen LogP contribution in [0.1, 0.15) is 19.3 Å². The molecule has 0 aromatic heterocycles. The van der Waals surface area contributed by atoms with Crippen LogP contribution in [0.3, 0.4) is 0 Å². The maximum absolute atomic E-state index is 5.81. The van der Waals surface area contributed by atoms with Gasteiger partial charge < -0.3 is 0 Å². The molecular weight excluding hydrogens is 170 g/mol. The number of halogens is 1. The van der Waals surface area contributed by atoms with Gasteiger partial charge in [-0.2, -0.15) is 0 Å². The first-order chi connectivity index (χ1) is 5.77. The lowest BCUT2D eigenvalue weighted by atomic mass is 10.1. The fraction of sp³-hybridized carbons (Fsp3) is 0.600. The van der Waals surface area contributed by atoms with Crippen LogP contribution in [0.15, 0.2) is 23.8 Å². The van der Waals surface area contributed by atoms with E-state index in [4.69, 9.17) is 11.6 Å². The van der Waals surface area contributed by atoms with Crippen LogP contribution in [0.25, 0.3) is 0 Å². The Balaban J connectivity index is 2.07. The Labute approximate surface area is 78.7 Å². The van der Waals surface area contributed by atoms with Crippen molar-refractivity contribution in [2.24, 2.45) is 0 Å². The topological polar surface area (TPSA) is 3.24 Å². The van der Waals surface area contributed by atoms with E-state index in [9.17, 15) is 0 Å². The first-order valence-electron chi connectivity index (χ1n) is 4.53. The molecule has 2 rings (SSSR count). The summed E-state index contributed by atoms with van der Waals surface area (Å²) in [6, 6.07) is 1.37. The monoisotopic (exact) mass is 183 g/mol. The Morgan fingerprint density at radius 3 is 3.08 bits per heavy atom. The molecule has 2 heterocycles. The molecule has 0 aromatic carbocycles. The summed E-state index contributed by atoms with van der Waals surface area (Å²) in [5.74, 6) is 0. The average molecular weight is 184 g/mol. The van der Waals surface area contributed by atoms with Crippen LogP contribution in [-0.2, 0) is 0 Å². The number of rotatable bonds is 2. The van der Waals surface area contributed by atoms with Gasteiger partial charge in [-0.15, -0.1) is 0 Å².